The van der Waals surface area contributed by atoms with E-state index in [-0.39, 0.29) is 0 Å². The van der Waals surface area contributed by atoms with Crippen molar-refractivity contribution in [3.63, 3.8) is 0 Å². The van der Waals surface area contributed by atoms with Gasteiger partial charge in [-0.25, -0.2) is 5.26 Å². The van der Waals surface area contributed by atoms with Crippen LogP contribution in [0.25, 0.3) is 0 Å². The van der Waals surface area contributed by atoms with E-state index in [2.05, 4.69) is 40.3 Å². The number of unbranched alkanes of at least 4 members (excludes halogenated alkanes) is 8. The molecular weight excluding hydrogens is 312 g/mol. The van der Waals surface area contributed by atoms with Gasteiger partial charge in [0.15, 0.2) is 0 Å². The Morgan fingerprint density at radius 2 is 0.792 bits per heavy atom. The van der Waals surface area contributed by atoms with Gasteiger partial charge in [0.2, 0.25) is 0 Å². The molecule has 144 valence electrons. The molecule has 3 heteroatoms. The van der Waals surface area contributed by atoms with E-state index in [4.69, 9.17) is 5.26 Å². The molecule has 0 aliphatic heterocycles. The fourth-order valence-corrected chi connectivity index (χ4v) is 3.46. The van der Waals surface area contributed by atoms with E-state index < -0.39 is 0 Å². The first-order valence-corrected chi connectivity index (χ1v) is 10.9. The van der Waals surface area contributed by atoms with Crippen molar-refractivity contribution < 1.29 is 4.48 Å². The number of nitrogens with zero attached hydrogens (tertiary/aromatic N) is 2. The summed E-state index contributed by atoms with van der Waals surface area (Å²) in [7, 11) is 0. The second kappa shape index (κ2) is 20.7. The largest absolute Gasteiger partial charge is 0.696 e. The van der Waals surface area contributed by atoms with Gasteiger partial charge in [0, 0.05) is 0 Å². The summed E-state index contributed by atoms with van der Waals surface area (Å²) in [6.45, 7) is 15.1. The molecule has 0 saturated heterocycles. The Labute approximate surface area is 159 Å². The van der Waals surface area contributed by atoms with Crippen molar-refractivity contribution in [3.05, 3.63) is 0 Å². The molecule has 2 nitrogen and oxygen atoms in total. The molecule has 0 aromatic carbocycles. The standard InChI is InChI=1S/C20H44N.CHNS/c1-5-9-13-17-21(18-14-10-6-2,19-15-11-7-3)20-16-12-8-4;2-1-3/h5-20H2,1-4H3;3H/q+1;/p-1. The van der Waals surface area contributed by atoms with E-state index in [0.29, 0.717) is 0 Å². The Morgan fingerprint density at radius 3 is 0.958 bits per heavy atom. The summed E-state index contributed by atoms with van der Waals surface area (Å²) in [5.74, 6) is 0. The monoisotopic (exact) mass is 356 g/mol. The minimum absolute atomic E-state index is 1.33. The molecule has 0 heterocycles. The Balaban J connectivity index is 0. The van der Waals surface area contributed by atoms with Crippen LogP contribution in [0.1, 0.15) is 105 Å². The second-order valence-corrected chi connectivity index (χ2v) is 7.34. The quantitative estimate of drug-likeness (QED) is 0.135. The van der Waals surface area contributed by atoms with E-state index in [1.165, 1.54) is 113 Å². The van der Waals surface area contributed by atoms with Crippen LogP contribution < -0.4 is 0 Å². The first-order chi connectivity index (χ1) is 11.7. The van der Waals surface area contributed by atoms with E-state index in [0.717, 1.165) is 0 Å². The van der Waals surface area contributed by atoms with Crippen molar-refractivity contribution in [3.8, 4) is 5.40 Å². The molecule has 0 spiro atoms. The van der Waals surface area contributed by atoms with Crippen LogP contribution in [0.5, 0.6) is 0 Å². The molecule has 24 heavy (non-hydrogen) atoms. The van der Waals surface area contributed by atoms with Gasteiger partial charge in [-0.1, -0.05) is 58.8 Å². The fraction of sp³-hybridized carbons (Fsp3) is 0.952. The van der Waals surface area contributed by atoms with Crippen LogP contribution in [0.4, 0.5) is 0 Å². The molecule has 0 unspecified atom stereocenters. The molecule has 0 bridgehead atoms. The number of thiocyanates is 1. The van der Waals surface area contributed by atoms with Gasteiger partial charge in [0.05, 0.1) is 26.2 Å². The number of hydrogen-bond donors (Lipinski definition) is 0. The summed E-state index contributed by atoms with van der Waals surface area (Å²) in [6, 6.07) is 0. The molecule has 0 amide bonds. The van der Waals surface area contributed by atoms with Crippen molar-refractivity contribution >= 4 is 12.6 Å². The highest BCUT2D eigenvalue weighted by molar-refractivity contribution is 7.64. The molecule has 0 atom stereocenters. The zero-order chi connectivity index (χ0) is 18.5. The lowest BCUT2D eigenvalue weighted by molar-refractivity contribution is -0.929. The summed E-state index contributed by atoms with van der Waals surface area (Å²) < 4.78 is 1.44. The molecule has 0 aromatic heterocycles. The van der Waals surface area contributed by atoms with Crippen LogP contribution in [0.2, 0.25) is 0 Å². The molecule has 0 rings (SSSR count). The van der Waals surface area contributed by atoms with Gasteiger partial charge < -0.3 is 17.1 Å². The van der Waals surface area contributed by atoms with E-state index in [1.807, 2.05) is 0 Å². The average Bonchev–Trinajstić information content (AvgIpc) is 2.56. The van der Waals surface area contributed by atoms with Crippen molar-refractivity contribution in [1.82, 2.24) is 0 Å². The van der Waals surface area contributed by atoms with Crippen LogP contribution in [-0.2, 0) is 12.6 Å². The summed E-state index contributed by atoms with van der Waals surface area (Å²) in [5, 5.41) is 8.47. The fourth-order valence-electron chi connectivity index (χ4n) is 3.46. The van der Waals surface area contributed by atoms with Crippen LogP contribution >= 0.6 is 0 Å². The maximum Gasteiger partial charge on any atom is 0.0786 e. The van der Waals surface area contributed by atoms with Gasteiger partial charge in [-0.2, -0.15) is 0 Å². The lowest BCUT2D eigenvalue weighted by atomic mass is 10.1. The first-order valence-electron chi connectivity index (χ1n) is 10.5. The number of quaternary nitrogens is 1. The number of nitriles is 1. The summed E-state index contributed by atoms with van der Waals surface area (Å²) in [4.78, 5) is 0. The third-order valence-corrected chi connectivity index (χ3v) is 4.94. The maximum absolute atomic E-state index is 7.13. The normalized spacial score (nSPS) is 10.8. The third-order valence-electron chi connectivity index (χ3n) is 4.94. The number of rotatable bonds is 16. The first kappa shape index (κ1) is 25.9. The molecular formula is C21H44N2S. The molecule has 0 aliphatic rings. The zero-order valence-electron chi connectivity index (χ0n) is 17.1. The topological polar surface area (TPSA) is 23.8 Å². The zero-order valence-corrected chi connectivity index (χ0v) is 17.9. The number of hydrogen-bond acceptors (Lipinski definition) is 2. The van der Waals surface area contributed by atoms with Gasteiger partial charge in [-0.05, 0) is 51.4 Å². The van der Waals surface area contributed by atoms with Gasteiger partial charge >= 0.3 is 0 Å². The van der Waals surface area contributed by atoms with Gasteiger partial charge in [0.25, 0.3) is 0 Å². The lowest BCUT2D eigenvalue weighted by Crippen LogP contribution is -2.50. The summed E-state index contributed by atoms with van der Waals surface area (Å²) in [6.07, 6.45) is 16.9. The smallest absolute Gasteiger partial charge is 0.0786 e. The highest BCUT2D eigenvalue weighted by Gasteiger charge is 2.25. The molecule has 0 saturated carbocycles. The van der Waals surface area contributed by atoms with Crippen molar-refractivity contribution in [2.24, 2.45) is 0 Å². The van der Waals surface area contributed by atoms with Gasteiger partial charge in [0.1, 0.15) is 0 Å². The van der Waals surface area contributed by atoms with Crippen LogP contribution in [0, 0.1) is 10.7 Å². The summed E-state index contributed by atoms with van der Waals surface area (Å²) >= 11 is 3.70. The van der Waals surface area contributed by atoms with Gasteiger partial charge in [-0.15, -0.1) is 0 Å². The minimum atomic E-state index is 1.33. The van der Waals surface area contributed by atoms with E-state index in [1.54, 1.807) is 0 Å². The molecule has 0 radical (unpaired) electrons. The predicted molar refractivity (Wildman–Crippen MR) is 111 cm³/mol. The van der Waals surface area contributed by atoms with E-state index >= 15 is 0 Å². The maximum atomic E-state index is 7.13. The molecule has 0 aromatic rings. The van der Waals surface area contributed by atoms with Crippen molar-refractivity contribution in [2.75, 3.05) is 26.2 Å². The Kier molecular flexibility index (Phi) is 22.4. The lowest BCUT2D eigenvalue weighted by Gasteiger charge is -2.39. The second-order valence-electron chi connectivity index (χ2n) is 7.16. The average molecular weight is 357 g/mol. The third kappa shape index (κ3) is 16.5. The highest BCUT2D eigenvalue weighted by Crippen LogP contribution is 2.18. The van der Waals surface area contributed by atoms with Crippen LogP contribution in [-0.4, -0.2) is 30.7 Å². The van der Waals surface area contributed by atoms with Gasteiger partial charge in [-0.3, -0.25) is 0 Å². The Hall–Kier alpha value is -0.330. The Bertz CT molecular complexity index is 228. The summed E-state index contributed by atoms with van der Waals surface area (Å²) in [5.41, 5.74) is 0. The predicted octanol–water partition coefficient (Wildman–Crippen LogP) is 6.58. The SMILES string of the molecule is CCCCC[N+](CCCCC)(CCCCC)CCCCC.N#C[S-]. The minimum Gasteiger partial charge on any atom is -0.696 e. The molecule has 0 fully saturated rings. The molecule has 0 N–H and O–H groups in total. The highest BCUT2D eigenvalue weighted by atomic mass is 32.1. The Morgan fingerprint density at radius 1 is 0.583 bits per heavy atom. The van der Waals surface area contributed by atoms with Crippen LogP contribution in [0.3, 0.4) is 0 Å². The van der Waals surface area contributed by atoms with Crippen molar-refractivity contribution in [2.45, 2.75) is 105 Å². The van der Waals surface area contributed by atoms with Crippen molar-refractivity contribution in [1.29, 1.82) is 5.26 Å². The van der Waals surface area contributed by atoms with Crippen LogP contribution in [0.15, 0.2) is 0 Å². The van der Waals surface area contributed by atoms with E-state index in [9.17, 15) is 0 Å². The molecule has 0 aliphatic carbocycles.